The van der Waals surface area contributed by atoms with Crippen LogP contribution in [0.1, 0.15) is 4.88 Å². The Kier molecular flexibility index (Phi) is 4.76. The normalized spacial score (nSPS) is 11.1. The molecule has 5 aromatic rings. The molecule has 0 aliphatic heterocycles. The van der Waals surface area contributed by atoms with E-state index >= 15 is 0 Å². The number of aromatic nitrogens is 2. The first kappa shape index (κ1) is 17.9. The van der Waals surface area contributed by atoms with Crippen molar-refractivity contribution < 1.29 is 4.42 Å². The van der Waals surface area contributed by atoms with Gasteiger partial charge in [-0.25, -0.2) is 9.97 Å². The van der Waals surface area contributed by atoms with E-state index in [1.165, 1.54) is 22.5 Å². The number of nitrogens with one attached hydrogen (secondary N) is 1. The van der Waals surface area contributed by atoms with Gasteiger partial charge in [-0.3, -0.25) is 0 Å². The van der Waals surface area contributed by atoms with Crippen molar-refractivity contribution in [3.05, 3.63) is 88.3 Å². The van der Waals surface area contributed by atoms with Gasteiger partial charge in [-0.2, -0.15) is 0 Å². The summed E-state index contributed by atoms with van der Waals surface area (Å²) in [5, 5.41) is 3.37. The summed E-state index contributed by atoms with van der Waals surface area (Å²) in [4.78, 5) is 9.80. The molecule has 0 spiro atoms. The summed E-state index contributed by atoms with van der Waals surface area (Å²) in [5.74, 6) is 0.617. The lowest BCUT2D eigenvalue weighted by atomic mass is 10.0. The van der Waals surface area contributed by atoms with Crippen molar-refractivity contribution in [3.8, 4) is 22.6 Å². The van der Waals surface area contributed by atoms with Gasteiger partial charge in [0.25, 0.3) is 0 Å². The van der Waals surface area contributed by atoms with Crippen molar-refractivity contribution >= 4 is 39.7 Å². The summed E-state index contributed by atoms with van der Waals surface area (Å²) in [7, 11) is 0. The van der Waals surface area contributed by atoms with Gasteiger partial charge in [-0.1, -0.05) is 54.1 Å². The van der Waals surface area contributed by atoms with E-state index in [0.29, 0.717) is 16.9 Å². The zero-order valence-corrected chi connectivity index (χ0v) is 16.9. The second-order valence-electron chi connectivity index (χ2n) is 6.58. The third-order valence-corrected chi connectivity index (χ3v) is 5.73. The van der Waals surface area contributed by atoms with Crippen molar-refractivity contribution in [2.24, 2.45) is 0 Å². The van der Waals surface area contributed by atoms with Gasteiger partial charge in [0.15, 0.2) is 10.0 Å². The molecule has 1 N–H and O–H groups in total. The predicted molar refractivity (Wildman–Crippen MR) is 119 cm³/mol. The van der Waals surface area contributed by atoms with Gasteiger partial charge in [0.1, 0.15) is 5.52 Å². The molecule has 142 valence electrons. The molecular formula is C23H16ClN3OS. The highest BCUT2D eigenvalue weighted by Gasteiger charge is 2.10. The highest BCUT2D eigenvalue weighted by atomic mass is 35.5. The Morgan fingerprint density at radius 2 is 1.66 bits per heavy atom. The number of thiazole rings is 1. The van der Waals surface area contributed by atoms with Crippen LogP contribution in [0.5, 0.6) is 0 Å². The van der Waals surface area contributed by atoms with Crippen molar-refractivity contribution in [2.45, 2.75) is 6.54 Å². The monoisotopic (exact) mass is 417 g/mol. The molecule has 0 bridgehead atoms. The van der Waals surface area contributed by atoms with Crippen LogP contribution in [0.25, 0.3) is 33.7 Å². The first-order valence-corrected chi connectivity index (χ1v) is 10.3. The number of fused-ring (bicyclic) bond motifs is 1. The lowest BCUT2D eigenvalue weighted by Crippen LogP contribution is -1.96. The number of hydrogen-bond acceptors (Lipinski definition) is 5. The molecule has 0 aliphatic carbocycles. The lowest BCUT2D eigenvalue weighted by molar-refractivity contribution is 0.620. The number of halogens is 1. The van der Waals surface area contributed by atoms with Crippen LogP contribution >= 0.6 is 22.9 Å². The average Bonchev–Trinajstić information content (AvgIpc) is 3.38. The minimum Gasteiger partial charge on any atom is -0.436 e. The highest BCUT2D eigenvalue weighted by molar-refractivity contribution is 7.15. The predicted octanol–water partition coefficient (Wildman–Crippen LogP) is 6.88. The van der Waals surface area contributed by atoms with Crippen LogP contribution in [0.3, 0.4) is 0 Å². The molecule has 0 radical (unpaired) electrons. The quantitative estimate of drug-likeness (QED) is 0.338. The molecule has 0 aliphatic rings. The molecule has 2 heterocycles. The van der Waals surface area contributed by atoms with Gasteiger partial charge in [-0.15, -0.1) is 11.3 Å². The van der Waals surface area contributed by atoms with Gasteiger partial charge in [0.05, 0.1) is 6.54 Å². The van der Waals surface area contributed by atoms with Crippen molar-refractivity contribution in [3.63, 3.8) is 0 Å². The number of hydrogen-bond donors (Lipinski definition) is 1. The maximum absolute atomic E-state index is 5.96. The van der Waals surface area contributed by atoms with E-state index in [1.54, 1.807) is 6.20 Å². The summed E-state index contributed by atoms with van der Waals surface area (Å²) < 4.78 is 6.51. The molecule has 0 amide bonds. The van der Waals surface area contributed by atoms with Crippen LogP contribution in [-0.4, -0.2) is 9.97 Å². The van der Waals surface area contributed by atoms with Crippen molar-refractivity contribution in [2.75, 3.05) is 5.32 Å². The Morgan fingerprint density at radius 3 is 2.41 bits per heavy atom. The summed E-state index contributed by atoms with van der Waals surface area (Å²) in [6.45, 7) is 0.668. The molecule has 5 rings (SSSR count). The molecule has 4 nitrogen and oxygen atoms in total. The number of nitrogens with zero attached hydrogens (tertiary/aromatic N) is 2. The van der Waals surface area contributed by atoms with Gasteiger partial charge < -0.3 is 9.73 Å². The van der Waals surface area contributed by atoms with Crippen molar-refractivity contribution in [1.29, 1.82) is 0 Å². The lowest BCUT2D eigenvalue weighted by Gasteiger charge is -2.03. The van der Waals surface area contributed by atoms with E-state index in [2.05, 4.69) is 39.6 Å². The number of benzene rings is 3. The van der Waals surface area contributed by atoms with Gasteiger partial charge in [0, 0.05) is 22.3 Å². The molecule has 0 saturated carbocycles. The Bertz CT molecular complexity index is 1260. The smallest absolute Gasteiger partial charge is 0.227 e. The minimum absolute atomic E-state index is 0.552. The molecular weight excluding hydrogens is 402 g/mol. The van der Waals surface area contributed by atoms with Crippen LogP contribution < -0.4 is 5.32 Å². The van der Waals surface area contributed by atoms with Gasteiger partial charge >= 0.3 is 0 Å². The molecule has 0 unspecified atom stereocenters. The van der Waals surface area contributed by atoms with E-state index in [4.69, 9.17) is 16.0 Å². The average molecular weight is 418 g/mol. The summed E-state index contributed by atoms with van der Waals surface area (Å²) in [6, 6.07) is 24.5. The maximum Gasteiger partial charge on any atom is 0.227 e. The zero-order chi connectivity index (χ0) is 19.6. The standard InChI is InChI=1S/C23H16ClN3OS/c24-23-26-14-19(29-23)13-25-18-10-11-21-20(12-18)27-22(28-21)17-8-6-16(7-9-17)15-4-2-1-3-5-15/h1-12,14,25H,13H2. The minimum atomic E-state index is 0.552. The van der Waals surface area contributed by atoms with E-state index in [1.807, 2.05) is 48.5 Å². The summed E-state index contributed by atoms with van der Waals surface area (Å²) in [6.07, 6.45) is 1.78. The maximum atomic E-state index is 5.96. The second kappa shape index (κ2) is 7.70. The van der Waals surface area contributed by atoms with Crippen LogP contribution in [-0.2, 0) is 6.54 Å². The van der Waals surface area contributed by atoms with Gasteiger partial charge in [0.2, 0.25) is 5.89 Å². The molecule has 29 heavy (non-hydrogen) atoms. The van der Waals surface area contributed by atoms with Crippen molar-refractivity contribution in [1.82, 2.24) is 9.97 Å². The van der Waals surface area contributed by atoms with E-state index in [9.17, 15) is 0 Å². The molecule has 0 saturated heterocycles. The van der Waals surface area contributed by atoms with E-state index in [0.717, 1.165) is 27.2 Å². The summed E-state index contributed by atoms with van der Waals surface area (Å²) in [5.41, 5.74) is 5.86. The van der Waals surface area contributed by atoms with Crippen LogP contribution in [0, 0.1) is 0 Å². The van der Waals surface area contributed by atoms with E-state index < -0.39 is 0 Å². The molecule has 2 aromatic heterocycles. The summed E-state index contributed by atoms with van der Waals surface area (Å²) >= 11 is 7.35. The Hall–Kier alpha value is -3.15. The molecule has 0 fully saturated rings. The van der Waals surface area contributed by atoms with Gasteiger partial charge in [-0.05, 0) is 41.5 Å². The Morgan fingerprint density at radius 1 is 0.897 bits per heavy atom. The first-order chi connectivity index (χ1) is 14.2. The van der Waals surface area contributed by atoms with Crippen LogP contribution in [0.4, 0.5) is 5.69 Å². The SMILES string of the molecule is Clc1ncc(CNc2ccc3oc(-c4ccc(-c5ccccc5)cc4)nc3c2)s1. The fourth-order valence-electron chi connectivity index (χ4n) is 3.15. The number of anilines is 1. The Balaban J connectivity index is 1.37. The fourth-order valence-corrected chi connectivity index (χ4v) is 4.07. The Labute approximate surface area is 176 Å². The highest BCUT2D eigenvalue weighted by Crippen LogP contribution is 2.28. The largest absolute Gasteiger partial charge is 0.436 e. The van der Waals surface area contributed by atoms with Crippen LogP contribution in [0.15, 0.2) is 83.4 Å². The first-order valence-electron chi connectivity index (χ1n) is 9.15. The third-order valence-electron chi connectivity index (χ3n) is 4.62. The third kappa shape index (κ3) is 3.88. The van der Waals surface area contributed by atoms with E-state index in [-0.39, 0.29) is 0 Å². The zero-order valence-electron chi connectivity index (χ0n) is 15.3. The topological polar surface area (TPSA) is 51.0 Å². The molecule has 0 atom stereocenters. The van der Waals surface area contributed by atoms with Crippen LogP contribution in [0.2, 0.25) is 4.47 Å². The number of rotatable bonds is 5. The fraction of sp³-hybridized carbons (Fsp3) is 0.0435. The molecule has 3 aromatic carbocycles. The number of oxazole rings is 1. The molecule has 6 heteroatoms. The second-order valence-corrected chi connectivity index (χ2v) is 8.28.